The summed E-state index contributed by atoms with van der Waals surface area (Å²) in [6, 6.07) is 0.684. The molecule has 3 heteroatoms. The summed E-state index contributed by atoms with van der Waals surface area (Å²) in [4.78, 5) is 7.37. The molecule has 1 atom stereocenters. The van der Waals surface area contributed by atoms with E-state index in [-0.39, 0.29) is 0 Å². The number of allylic oxidation sites excluding steroid dienone is 2. The van der Waals surface area contributed by atoms with Crippen molar-refractivity contribution in [2.45, 2.75) is 45.1 Å². The molecule has 2 rings (SSSR count). The predicted octanol–water partition coefficient (Wildman–Crippen LogP) is 3.51. The van der Waals surface area contributed by atoms with Gasteiger partial charge in [0.15, 0.2) is 0 Å². The van der Waals surface area contributed by atoms with Gasteiger partial charge in [0.25, 0.3) is 0 Å². The van der Waals surface area contributed by atoms with Crippen LogP contribution in [-0.4, -0.2) is 67.1 Å². The molecule has 2 aliphatic rings. The van der Waals surface area contributed by atoms with Crippen LogP contribution >= 0.6 is 0 Å². The highest BCUT2D eigenvalue weighted by Gasteiger charge is 2.18. The molecule has 1 unspecified atom stereocenters. The Kier molecular flexibility index (Phi) is 7.38. The molecule has 2 saturated heterocycles. The van der Waals surface area contributed by atoms with Gasteiger partial charge in [0.1, 0.15) is 0 Å². The second-order valence-electron chi connectivity index (χ2n) is 7.23. The second kappa shape index (κ2) is 9.29. The minimum atomic E-state index is 0.684. The summed E-state index contributed by atoms with van der Waals surface area (Å²) in [5, 5.41) is 0. The molecular formula is C20H35N3. The quantitative estimate of drug-likeness (QED) is 0.571. The van der Waals surface area contributed by atoms with Crippen LogP contribution < -0.4 is 0 Å². The Morgan fingerprint density at radius 2 is 1.78 bits per heavy atom. The molecule has 0 amide bonds. The van der Waals surface area contributed by atoms with Crippen molar-refractivity contribution in [1.82, 2.24) is 14.7 Å². The fourth-order valence-electron chi connectivity index (χ4n) is 3.22. The molecule has 0 bridgehead atoms. The highest BCUT2D eigenvalue weighted by atomic mass is 15.2. The Bertz CT molecular complexity index is 417. The van der Waals surface area contributed by atoms with Gasteiger partial charge < -0.3 is 14.7 Å². The number of likely N-dealkylation sites (tertiary alicyclic amines) is 2. The fourth-order valence-corrected chi connectivity index (χ4v) is 3.22. The number of hydrogen-bond acceptors (Lipinski definition) is 3. The largest absolute Gasteiger partial charge is 0.375 e. The number of nitrogens with zero attached hydrogens (tertiary/aromatic N) is 3. The van der Waals surface area contributed by atoms with Crippen molar-refractivity contribution in [3.63, 3.8) is 0 Å². The van der Waals surface area contributed by atoms with Crippen LogP contribution in [0, 0.1) is 0 Å². The molecule has 2 fully saturated rings. The van der Waals surface area contributed by atoms with Gasteiger partial charge in [-0.15, -0.1) is 0 Å². The maximum absolute atomic E-state index is 4.20. The summed E-state index contributed by atoms with van der Waals surface area (Å²) in [6.45, 7) is 18.0. The summed E-state index contributed by atoms with van der Waals surface area (Å²) in [5.41, 5.74) is 2.29. The van der Waals surface area contributed by atoms with E-state index in [9.17, 15) is 0 Å². The first-order valence-corrected chi connectivity index (χ1v) is 9.28. The van der Waals surface area contributed by atoms with Gasteiger partial charge in [-0.1, -0.05) is 24.8 Å². The molecule has 0 aromatic carbocycles. The summed E-state index contributed by atoms with van der Waals surface area (Å²) < 4.78 is 0. The van der Waals surface area contributed by atoms with Crippen molar-refractivity contribution in [2.24, 2.45) is 0 Å². The number of likely N-dealkylation sites (N-methyl/N-ethyl adjacent to an activating group) is 1. The van der Waals surface area contributed by atoms with E-state index in [1.807, 2.05) is 0 Å². The molecule has 0 aromatic rings. The molecule has 0 N–H and O–H groups in total. The van der Waals surface area contributed by atoms with Crippen molar-refractivity contribution in [3.05, 3.63) is 36.6 Å². The van der Waals surface area contributed by atoms with Crippen molar-refractivity contribution in [1.29, 1.82) is 0 Å². The molecule has 3 nitrogen and oxygen atoms in total. The van der Waals surface area contributed by atoms with Crippen molar-refractivity contribution < 1.29 is 0 Å². The molecule has 0 radical (unpaired) electrons. The minimum Gasteiger partial charge on any atom is -0.375 e. The molecule has 2 aliphatic heterocycles. The second-order valence-corrected chi connectivity index (χ2v) is 7.23. The molecule has 0 aromatic heterocycles. The van der Waals surface area contributed by atoms with Gasteiger partial charge in [0, 0.05) is 31.9 Å². The van der Waals surface area contributed by atoms with Gasteiger partial charge in [-0.05, 0) is 71.3 Å². The van der Waals surface area contributed by atoms with Crippen LogP contribution in [0.4, 0.5) is 0 Å². The van der Waals surface area contributed by atoms with E-state index >= 15 is 0 Å². The van der Waals surface area contributed by atoms with Crippen molar-refractivity contribution >= 4 is 0 Å². The third kappa shape index (κ3) is 6.15. The average molecular weight is 318 g/mol. The van der Waals surface area contributed by atoms with E-state index in [4.69, 9.17) is 0 Å². The van der Waals surface area contributed by atoms with Gasteiger partial charge in [0.2, 0.25) is 0 Å². The summed E-state index contributed by atoms with van der Waals surface area (Å²) in [6.07, 6.45) is 10.6. The summed E-state index contributed by atoms with van der Waals surface area (Å²) >= 11 is 0. The monoisotopic (exact) mass is 317 g/mol. The molecule has 0 spiro atoms. The average Bonchev–Trinajstić information content (AvgIpc) is 3.02. The lowest BCUT2D eigenvalue weighted by molar-refractivity contribution is 0.184. The Balaban J connectivity index is 1.62. The summed E-state index contributed by atoms with van der Waals surface area (Å²) in [7, 11) is 2.15. The summed E-state index contributed by atoms with van der Waals surface area (Å²) in [5.74, 6) is 0. The van der Waals surface area contributed by atoms with E-state index in [0.717, 1.165) is 25.2 Å². The molecule has 23 heavy (non-hydrogen) atoms. The van der Waals surface area contributed by atoms with Crippen LogP contribution in [0.15, 0.2) is 36.6 Å². The Labute approximate surface area is 143 Å². The Morgan fingerprint density at radius 1 is 1.09 bits per heavy atom. The van der Waals surface area contributed by atoms with Gasteiger partial charge in [0.05, 0.1) is 0 Å². The van der Waals surface area contributed by atoms with Gasteiger partial charge in [-0.2, -0.15) is 0 Å². The third-order valence-corrected chi connectivity index (χ3v) is 5.35. The Morgan fingerprint density at radius 3 is 2.39 bits per heavy atom. The zero-order chi connectivity index (χ0) is 16.7. The van der Waals surface area contributed by atoms with Crippen molar-refractivity contribution in [3.8, 4) is 0 Å². The number of hydrogen-bond donors (Lipinski definition) is 0. The first kappa shape index (κ1) is 18.3. The van der Waals surface area contributed by atoms with Gasteiger partial charge in [-0.25, -0.2) is 0 Å². The van der Waals surface area contributed by atoms with Crippen molar-refractivity contribution in [2.75, 3.05) is 46.3 Å². The maximum atomic E-state index is 4.20. The number of rotatable bonds is 10. The SMILES string of the molecule is C=C(/C=C\C(=C)N(C)CCC(C)N1CCCC1)CCN1CCC1. The molecule has 0 saturated carbocycles. The predicted molar refractivity (Wildman–Crippen MR) is 101 cm³/mol. The lowest BCUT2D eigenvalue weighted by Crippen LogP contribution is -2.37. The Hall–Kier alpha value is -1.06. The smallest absolute Gasteiger partial charge is 0.0290 e. The molecule has 0 aliphatic carbocycles. The lowest BCUT2D eigenvalue weighted by atomic mass is 10.1. The van der Waals surface area contributed by atoms with E-state index in [1.165, 1.54) is 57.4 Å². The maximum Gasteiger partial charge on any atom is 0.0290 e. The minimum absolute atomic E-state index is 0.684. The highest BCUT2D eigenvalue weighted by molar-refractivity contribution is 5.23. The first-order valence-electron chi connectivity index (χ1n) is 9.28. The standard InChI is InChI=1S/C20H35N3/c1-18(10-17-22-12-7-13-22)8-9-19(2)21(4)16-11-20(3)23-14-5-6-15-23/h8-9,20H,1-2,5-7,10-17H2,3-4H3/b9-8-. The van der Waals surface area contributed by atoms with Crippen LogP contribution in [0.25, 0.3) is 0 Å². The third-order valence-electron chi connectivity index (χ3n) is 5.35. The fraction of sp³-hybridized carbons (Fsp3) is 0.700. The van der Waals surface area contributed by atoms with E-state index in [1.54, 1.807) is 0 Å². The first-order chi connectivity index (χ1) is 11.1. The van der Waals surface area contributed by atoms with Crippen LogP contribution in [0.5, 0.6) is 0 Å². The zero-order valence-electron chi connectivity index (χ0n) is 15.3. The van der Waals surface area contributed by atoms with Crippen LogP contribution in [0.3, 0.4) is 0 Å². The molecule has 2 heterocycles. The topological polar surface area (TPSA) is 9.72 Å². The van der Waals surface area contributed by atoms with E-state index < -0.39 is 0 Å². The lowest BCUT2D eigenvalue weighted by Gasteiger charge is -2.30. The van der Waals surface area contributed by atoms with Gasteiger partial charge in [-0.3, -0.25) is 0 Å². The van der Waals surface area contributed by atoms with Crippen LogP contribution in [-0.2, 0) is 0 Å². The van der Waals surface area contributed by atoms with Crippen LogP contribution in [0.2, 0.25) is 0 Å². The normalized spacial score (nSPS) is 20.6. The highest BCUT2D eigenvalue weighted by Crippen LogP contribution is 2.15. The molecular weight excluding hydrogens is 282 g/mol. The molecule has 130 valence electrons. The van der Waals surface area contributed by atoms with Crippen LogP contribution in [0.1, 0.15) is 39.0 Å². The van der Waals surface area contributed by atoms with Gasteiger partial charge >= 0.3 is 0 Å². The van der Waals surface area contributed by atoms with E-state index in [0.29, 0.717) is 6.04 Å². The van der Waals surface area contributed by atoms with E-state index in [2.05, 4.69) is 54.0 Å². The zero-order valence-corrected chi connectivity index (χ0v) is 15.3.